The van der Waals surface area contributed by atoms with Crippen LogP contribution in [-0.4, -0.2) is 20.9 Å². The van der Waals surface area contributed by atoms with E-state index in [1.165, 1.54) is 0 Å². The maximum absolute atomic E-state index is 12.7. The molecule has 7 heteroatoms. The van der Waals surface area contributed by atoms with Crippen LogP contribution in [0.4, 0.5) is 11.4 Å². The van der Waals surface area contributed by atoms with Crippen LogP contribution in [0.15, 0.2) is 18.2 Å². The van der Waals surface area contributed by atoms with Crippen molar-refractivity contribution in [1.29, 1.82) is 0 Å². The van der Waals surface area contributed by atoms with Crippen molar-refractivity contribution >= 4 is 27.5 Å². The molecule has 2 rings (SSSR count). The molecule has 0 spiro atoms. The second kappa shape index (κ2) is 5.55. The molecule has 0 atom stereocenters. The number of nitrogens with one attached hydrogen (secondary N) is 1. The Labute approximate surface area is 131 Å². The fourth-order valence-electron chi connectivity index (χ4n) is 2.67. The van der Waals surface area contributed by atoms with Crippen molar-refractivity contribution in [2.24, 2.45) is 11.1 Å². The second-order valence-electron chi connectivity index (χ2n) is 6.64. The standard InChI is InChI=1S/C15H23N3O3S/c1-10(2)7-8-18-13-6-5-11(17-22(16,20)21)9-12(13)15(3,4)14(18)19/h5-6,9-10,17H,7-8H2,1-4H3,(H2,16,20,21). The van der Waals surface area contributed by atoms with E-state index in [2.05, 4.69) is 18.6 Å². The average Bonchev–Trinajstić information content (AvgIpc) is 2.54. The first-order chi connectivity index (χ1) is 10.0. The van der Waals surface area contributed by atoms with E-state index in [1.807, 2.05) is 13.8 Å². The normalized spacial score (nSPS) is 17.0. The molecule has 122 valence electrons. The topological polar surface area (TPSA) is 92.5 Å². The van der Waals surface area contributed by atoms with Gasteiger partial charge in [0, 0.05) is 12.2 Å². The highest BCUT2D eigenvalue weighted by Gasteiger charge is 2.43. The number of benzene rings is 1. The highest BCUT2D eigenvalue weighted by Crippen LogP contribution is 2.43. The summed E-state index contributed by atoms with van der Waals surface area (Å²) in [5.41, 5.74) is 1.35. The molecule has 22 heavy (non-hydrogen) atoms. The molecular formula is C15H23N3O3S. The summed E-state index contributed by atoms with van der Waals surface area (Å²) in [5.74, 6) is 0.541. The first-order valence-electron chi connectivity index (χ1n) is 7.29. The van der Waals surface area contributed by atoms with E-state index in [0.29, 0.717) is 18.2 Å². The lowest BCUT2D eigenvalue weighted by Crippen LogP contribution is -2.37. The van der Waals surface area contributed by atoms with Gasteiger partial charge in [-0.1, -0.05) is 13.8 Å². The smallest absolute Gasteiger partial charge is 0.296 e. The molecule has 0 bridgehead atoms. The number of carbonyl (C=O) groups excluding carboxylic acids is 1. The third kappa shape index (κ3) is 3.25. The van der Waals surface area contributed by atoms with Crippen molar-refractivity contribution in [2.75, 3.05) is 16.2 Å². The summed E-state index contributed by atoms with van der Waals surface area (Å²) in [5, 5.41) is 5.00. The van der Waals surface area contributed by atoms with Crippen LogP contribution < -0.4 is 14.8 Å². The number of nitrogens with two attached hydrogens (primary N) is 1. The summed E-state index contributed by atoms with van der Waals surface area (Å²) >= 11 is 0. The minimum absolute atomic E-state index is 0.0379. The van der Waals surface area contributed by atoms with Crippen LogP contribution >= 0.6 is 0 Å². The van der Waals surface area contributed by atoms with Gasteiger partial charge in [0.15, 0.2) is 0 Å². The molecule has 3 N–H and O–H groups in total. The summed E-state index contributed by atoms with van der Waals surface area (Å²) < 4.78 is 24.6. The number of nitrogens with zero attached hydrogens (tertiary/aromatic N) is 1. The van der Waals surface area contributed by atoms with Crippen molar-refractivity contribution in [1.82, 2.24) is 0 Å². The summed E-state index contributed by atoms with van der Waals surface area (Å²) in [4.78, 5) is 14.4. The molecule has 1 amide bonds. The zero-order valence-corrected chi connectivity index (χ0v) is 14.2. The predicted molar refractivity (Wildman–Crippen MR) is 88.0 cm³/mol. The lowest BCUT2D eigenvalue weighted by molar-refractivity contribution is -0.122. The van der Waals surface area contributed by atoms with Gasteiger partial charge in [-0.05, 0) is 49.9 Å². The first-order valence-corrected chi connectivity index (χ1v) is 8.84. The van der Waals surface area contributed by atoms with E-state index in [4.69, 9.17) is 5.14 Å². The lowest BCUT2D eigenvalue weighted by Gasteiger charge is -2.21. The molecule has 6 nitrogen and oxygen atoms in total. The maximum atomic E-state index is 12.7. The van der Waals surface area contributed by atoms with Crippen LogP contribution in [-0.2, 0) is 20.4 Å². The Kier molecular flexibility index (Phi) is 4.23. The second-order valence-corrected chi connectivity index (χ2v) is 7.94. The molecule has 0 fully saturated rings. The Morgan fingerprint density at radius 2 is 1.95 bits per heavy atom. The number of rotatable bonds is 5. The van der Waals surface area contributed by atoms with E-state index < -0.39 is 15.6 Å². The first kappa shape index (κ1) is 16.8. The minimum Gasteiger partial charge on any atom is -0.311 e. The van der Waals surface area contributed by atoms with Crippen molar-refractivity contribution < 1.29 is 13.2 Å². The molecule has 0 aromatic heterocycles. The molecule has 1 heterocycles. The third-order valence-electron chi connectivity index (χ3n) is 3.93. The van der Waals surface area contributed by atoms with Crippen molar-refractivity contribution in [3.05, 3.63) is 23.8 Å². The van der Waals surface area contributed by atoms with Gasteiger partial charge >= 0.3 is 0 Å². The fourth-order valence-corrected chi connectivity index (χ4v) is 3.13. The fraction of sp³-hybridized carbons (Fsp3) is 0.533. The molecule has 0 aliphatic carbocycles. The number of hydrogen-bond acceptors (Lipinski definition) is 3. The van der Waals surface area contributed by atoms with Crippen LogP contribution in [0.25, 0.3) is 0 Å². The van der Waals surface area contributed by atoms with Crippen LogP contribution in [0.5, 0.6) is 0 Å². The van der Waals surface area contributed by atoms with Gasteiger partial charge in [0.05, 0.1) is 11.1 Å². The number of carbonyl (C=O) groups is 1. The molecule has 1 aromatic carbocycles. The van der Waals surface area contributed by atoms with Crippen molar-refractivity contribution in [3.63, 3.8) is 0 Å². The Morgan fingerprint density at radius 3 is 2.50 bits per heavy atom. The minimum atomic E-state index is -3.83. The van der Waals surface area contributed by atoms with E-state index in [-0.39, 0.29) is 5.91 Å². The van der Waals surface area contributed by atoms with Gasteiger partial charge in [-0.25, -0.2) is 5.14 Å². The summed E-state index contributed by atoms with van der Waals surface area (Å²) in [6.07, 6.45) is 0.915. The van der Waals surface area contributed by atoms with Gasteiger partial charge in [-0.2, -0.15) is 8.42 Å². The number of anilines is 2. The van der Waals surface area contributed by atoms with E-state index in [9.17, 15) is 13.2 Å². The van der Waals surface area contributed by atoms with Crippen LogP contribution in [0.2, 0.25) is 0 Å². The monoisotopic (exact) mass is 325 g/mol. The molecule has 0 saturated carbocycles. The highest BCUT2D eigenvalue weighted by molar-refractivity contribution is 7.90. The number of hydrogen-bond donors (Lipinski definition) is 2. The molecule has 1 aliphatic heterocycles. The van der Waals surface area contributed by atoms with E-state index in [0.717, 1.165) is 17.7 Å². The molecular weight excluding hydrogens is 302 g/mol. The third-order valence-corrected chi connectivity index (χ3v) is 4.45. The van der Waals surface area contributed by atoms with Gasteiger partial charge in [-0.15, -0.1) is 0 Å². The SMILES string of the molecule is CC(C)CCN1C(=O)C(C)(C)c2cc(NS(N)(=O)=O)ccc21. The highest BCUT2D eigenvalue weighted by atomic mass is 32.2. The molecule has 1 aliphatic rings. The van der Waals surface area contributed by atoms with Crippen molar-refractivity contribution in [3.8, 4) is 0 Å². The number of fused-ring (bicyclic) bond motifs is 1. The predicted octanol–water partition coefficient (Wildman–Crippen LogP) is 1.97. The van der Waals surface area contributed by atoms with Gasteiger partial charge in [0.1, 0.15) is 0 Å². The van der Waals surface area contributed by atoms with Crippen LogP contribution in [0, 0.1) is 5.92 Å². The van der Waals surface area contributed by atoms with E-state index in [1.54, 1.807) is 23.1 Å². The maximum Gasteiger partial charge on any atom is 0.296 e. The summed E-state index contributed by atoms with van der Waals surface area (Å²) in [7, 11) is -3.83. The Hall–Kier alpha value is -1.60. The summed E-state index contributed by atoms with van der Waals surface area (Å²) in [6, 6.07) is 5.09. The molecule has 0 radical (unpaired) electrons. The largest absolute Gasteiger partial charge is 0.311 e. The lowest BCUT2D eigenvalue weighted by atomic mass is 9.86. The van der Waals surface area contributed by atoms with Crippen LogP contribution in [0.1, 0.15) is 39.7 Å². The van der Waals surface area contributed by atoms with Crippen molar-refractivity contribution in [2.45, 2.75) is 39.5 Å². The Balaban J connectivity index is 2.39. The number of amides is 1. The summed E-state index contributed by atoms with van der Waals surface area (Å²) in [6.45, 7) is 8.60. The van der Waals surface area contributed by atoms with Gasteiger partial charge in [-0.3, -0.25) is 9.52 Å². The zero-order valence-electron chi connectivity index (χ0n) is 13.4. The quantitative estimate of drug-likeness (QED) is 0.867. The van der Waals surface area contributed by atoms with Gasteiger partial charge in [0.2, 0.25) is 5.91 Å². The Morgan fingerprint density at radius 1 is 1.32 bits per heavy atom. The molecule has 0 saturated heterocycles. The average molecular weight is 325 g/mol. The molecule has 1 aromatic rings. The van der Waals surface area contributed by atoms with E-state index >= 15 is 0 Å². The van der Waals surface area contributed by atoms with Gasteiger partial charge in [0.25, 0.3) is 10.2 Å². The van der Waals surface area contributed by atoms with Gasteiger partial charge < -0.3 is 4.90 Å². The Bertz CT molecular complexity index is 696. The molecule has 0 unspecified atom stereocenters. The zero-order chi connectivity index (χ0) is 16.7. The van der Waals surface area contributed by atoms with Crippen LogP contribution in [0.3, 0.4) is 0 Å².